The number of amides is 2. The molecule has 0 saturated carbocycles. The monoisotopic (exact) mass is 1160 g/mol. The van der Waals surface area contributed by atoms with Gasteiger partial charge in [0.25, 0.3) is 0 Å². The molecule has 23 heteroatoms. The molecule has 81 heavy (non-hydrogen) atoms. The standard InChI is InChI=1S/C29H35F4NO6.C17H15F3O3.C12H22FNO4.2H2/c1-27(2,3)40-26(37)34(6)22(17-28(4,5)30)24(35)39-23(25(36)38-18-20-10-8-7-9-11-20)16-19-12-14-21(15-13-19)29(31,32)33;18-17(19,20)14-8-6-12(7-9-14)10-15(21)16(22)23-11-13-4-2-1-3-5-13;1-11(2,3)18-10(17)14(6)8(9(15)16)7-12(4,5)13;;/h7-15,22-23H,16-18H2,1-6H3;1-9,15,21H,10-11H2;8H,7H2,1-6H3,(H,15,16);2*1H/t22-,23+;15-;8-;;/m010../s1/i;;;2*1+1D. The normalized spacial score (nSPS) is 13.6. The van der Waals surface area contributed by atoms with Gasteiger partial charge in [-0.05, 0) is 116 Å². The Balaban J connectivity index is 0.00000132. The van der Waals surface area contributed by atoms with Crippen molar-refractivity contribution in [3.05, 3.63) is 143 Å². The summed E-state index contributed by atoms with van der Waals surface area (Å²) in [6.07, 6.45) is -14.9. The summed E-state index contributed by atoms with van der Waals surface area (Å²) in [7, 11) is 2.53. The Bertz CT molecular complexity index is 2650. The summed E-state index contributed by atoms with van der Waals surface area (Å²) in [6, 6.07) is 23.2. The molecule has 4 aromatic rings. The zero-order valence-electron chi connectivity index (χ0n) is 51.2. The summed E-state index contributed by atoms with van der Waals surface area (Å²) >= 11 is 0. The van der Waals surface area contributed by atoms with Crippen LogP contribution in [0.5, 0.6) is 0 Å². The number of aliphatic hydroxyl groups excluding tert-OH is 1. The highest BCUT2D eigenvalue weighted by atomic mass is 19.4. The minimum absolute atomic E-state index is 0.0315. The summed E-state index contributed by atoms with van der Waals surface area (Å²) in [4.78, 5) is 75.3. The predicted molar refractivity (Wildman–Crippen MR) is 286 cm³/mol. The third kappa shape index (κ3) is 27.6. The van der Waals surface area contributed by atoms with Gasteiger partial charge in [-0.2, -0.15) is 26.3 Å². The van der Waals surface area contributed by atoms with Crippen molar-refractivity contribution in [1.29, 1.82) is 0 Å². The number of aliphatic hydroxyl groups is 1. The number of aliphatic carboxylic acids is 1. The smallest absolute Gasteiger partial charge is 0.416 e. The summed E-state index contributed by atoms with van der Waals surface area (Å²) in [5.74, 6) is -4.13. The molecule has 0 spiro atoms. The average Bonchev–Trinajstić information content (AvgIpc) is 3.62. The van der Waals surface area contributed by atoms with Crippen molar-refractivity contribution in [3.8, 4) is 0 Å². The van der Waals surface area contributed by atoms with Crippen molar-refractivity contribution in [2.45, 2.75) is 167 Å². The topological polar surface area (TPSA) is 196 Å². The van der Waals surface area contributed by atoms with Crippen LogP contribution >= 0.6 is 0 Å². The summed E-state index contributed by atoms with van der Waals surface area (Å²) in [5, 5.41) is 18.8. The molecule has 0 aliphatic heterocycles. The van der Waals surface area contributed by atoms with E-state index in [2.05, 4.69) is 0 Å². The molecule has 0 heterocycles. The molecule has 4 aromatic carbocycles. The number of carbonyl (C=O) groups is 6. The van der Waals surface area contributed by atoms with Gasteiger partial charge in [-0.15, -0.1) is 0 Å². The lowest BCUT2D eigenvalue weighted by Gasteiger charge is -2.32. The number of carboxylic acids is 1. The van der Waals surface area contributed by atoms with E-state index in [0.29, 0.717) is 11.1 Å². The Hall–Kier alpha value is -7.30. The van der Waals surface area contributed by atoms with Crippen LogP contribution in [0.4, 0.5) is 44.7 Å². The molecule has 0 unspecified atom stereocenters. The molecule has 0 saturated heterocycles. The van der Waals surface area contributed by atoms with Crippen molar-refractivity contribution >= 4 is 36.1 Å². The molecule has 452 valence electrons. The quantitative estimate of drug-likeness (QED) is 0.0512. The van der Waals surface area contributed by atoms with Crippen LogP contribution in [-0.4, -0.2) is 117 Å². The SMILES string of the molecule is CN(C(=O)OC(C)(C)C)[C@@H](CC(C)(C)F)C(=O)O.CN(C(=O)OC(C)(C)C)[C@@H](CC(C)(C)F)C(=O)O[C@H](Cc1ccc(C(F)(F)F)cc1)C(=O)OCc1ccccc1.O=C(OCc1ccccc1)[C@H](O)Cc1ccc(C(F)(F)F)cc1.[2H][2H].[2H][2H]. The van der Waals surface area contributed by atoms with Gasteiger partial charge in [0, 0.05) is 45.7 Å². The molecule has 2 N–H and O–H groups in total. The van der Waals surface area contributed by atoms with Gasteiger partial charge in [0.1, 0.15) is 47.8 Å². The predicted octanol–water partition coefficient (Wildman–Crippen LogP) is 12.6. The van der Waals surface area contributed by atoms with Crippen LogP contribution in [-0.2, 0) is 81.3 Å². The summed E-state index contributed by atoms with van der Waals surface area (Å²) in [5.41, 5.74) is -4.79. The number of hydrogen-bond donors (Lipinski definition) is 2. The third-order valence-electron chi connectivity index (χ3n) is 10.9. The number of nitrogens with zero attached hydrogens (tertiary/aromatic N) is 2. The van der Waals surface area contributed by atoms with E-state index in [1.165, 1.54) is 53.9 Å². The Morgan fingerprint density at radius 3 is 1.19 bits per heavy atom. The lowest BCUT2D eigenvalue weighted by atomic mass is 10.00. The van der Waals surface area contributed by atoms with Gasteiger partial charge >= 0.3 is 48.4 Å². The van der Waals surface area contributed by atoms with Crippen molar-refractivity contribution < 1.29 is 104 Å². The van der Waals surface area contributed by atoms with E-state index in [1.807, 2.05) is 6.07 Å². The van der Waals surface area contributed by atoms with Crippen molar-refractivity contribution in [3.63, 3.8) is 0 Å². The van der Waals surface area contributed by atoms with Crippen molar-refractivity contribution in [2.75, 3.05) is 14.1 Å². The molecular formula is C58H76F8N2O13. The average molecular weight is 1170 g/mol. The zero-order valence-corrected chi connectivity index (χ0v) is 47.2. The molecule has 4 atom stereocenters. The maximum Gasteiger partial charge on any atom is 0.416 e. The number of ether oxygens (including phenoxy) is 5. The third-order valence-corrected chi connectivity index (χ3v) is 10.9. The highest BCUT2D eigenvalue weighted by Crippen LogP contribution is 2.31. The molecule has 2 amide bonds. The van der Waals surface area contributed by atoms with E-state index < -0.39 is 113 Å². The number of hydrogen-bond acceptors (Lipinski definition) is 12. The molecule has 0 aliphatic carbocycles. The van der Waals surface area contributed by atoms with E-state index in [0.717, 1.165) is 51.8 Å². The van der Waals surface area contributed by atoms with Gasteiger partial charge < -0.3 is 33.9 Å². The van der Waals surface area contributed by atoms with E-state index in [1.54, 1.807) is 96.1 Å². The first-order chi connectivity index (χ1) is 39.0. The number of carboxylic acid groups (broad SMARTS) is 1. The number of halogens is 8. The van der Waals surface area contributed by atoms with Gasteiger partial charge in [-0.25, -0.2) is 37.5 Å². The maximum absolute atomic E-state index is 14.7. The van der Waals surface area contributed by atoms with E-state index in [9.17, 15) is 69.0 Å². The maximum atomic E-state index is 14.7. The zero-order chi connectivity index (χ0) is 65.9. The van der Waals surface area contributed by atoms with Gasteiger partial charge in [0.05, 0.1) is 11.1 Å². The number of carbonyl (C=O) groups excluding carboxylic acids is 5. The van der Waals surface area contributed by atoms with Crippen molar-refractivity contribution in [1.82, 2.24) is 9.80 Å². The summed E-state index contributed by atoms with van der Waals surface area (Å²) < 4.78 is 151. The number of benzene rings is 4. The fourth-order valence-electron chi connectivity index (χ4n) is 6.83. The minimum Gasteiger partial charge on any atom is -0.480 e. The minimum atomic E-state index is -4.56. The highest BCUT2D eigenvalue weighted by molar-refractivity contribution is 5.85. The Morgan fingerprint density at radius 2 is 0.840 bits per heavy atom. The van der Waals surface area contributed by atoms with Gasteiger partial charge in [0.2, 0.25) is 6.10 Å². The van der Waals surface area contributed by atoms with Crippen LogP contribution < -0.4 is 0 Å². The Labute approximate surface area is 472 Å². The molecule has 0 fully saturated rings. The van der Waals surface area contributed by atoms with Gasteiger partial charge in [-0.1, -0.05) is 84.9 Å². The lowest BCUT2D eigenvalue weighted by molar-refractivity contribution is -0.172. The number of esters is 3. The molecular weight excluding hydrogens is 1080 g/mol. The second kappa shape index (κ2) is 30.0. The van der Waals surface area contributed by atoms with Crippen LogP contribution in [0.1, 0.15) is 121 Å². The van der Waals surface area contributed by atoms with E-state index in [-0.39, 0.29) is 38.0 Å². The fraction of sp³-hybridized carbons (Fsp3) is 0.483. The first-order valence-electron chi connectivity index (χ1n) is 27.2. The molecule has 4 rings (SSSR count). The second-order valence-corrected chi connectivity index (χ2v) is 21.8. The van der Waals surface area contributed by atoms with Crippen LogP contribution in [0.2, 0.25) is 0 Å². The van der Waals surface area contributed by atoms with Gasteiger partial charge in [-0.3, -0.25) is 9.80 Å². The Morgan fingerprint density at radius 1 is 0.494 bits per heavy atom. The molecule has 15 nitrogen and oxygen atoms in total. The van der Waals surface area contributed by atoms with E-state index >= 15 is 0 Å². The lowest BCUT2D eigenvalue weighted by Crippen LogP contribution is -2.49. The van der Waals surface area contributed by atoms with Crippen LogP contribution in [0, 0.1) is 0 Å². The molecule has 0 aliphatic rings. The first kappa shape index (κ1) is 66.2. The molecule has 0 bridgehead atoms. The van der Waals surface area contributed by atoms with Gasteiger partial charge in [0.15, 0.2) is 6.10 Å². The number of likely N-dealkylation sites (N-methyl/N-ethyl adjacent to an activating group) is 2. The van der Waals surface area contributed by atoms with Crippen LogP contribution in [0.25, 0.3) is 0 Å². The molecule has 0 radical (unpaired) electrons. The van der Waals surface area contributed by atoms with Crippen LogP contribution in [0.15, 0.2) is 109 Å². The first-order valence-corrected chi connectivity index (χ1v) is 25.2. The number of alkyl halides is 8. The highest BCUT2D eigenvalue weighted by Gasteiger charge is 2.40. The molecule has 0 aromatic heterocycles. The second-order valence-electron chi connectivity index (χ2n) is 21.8. The Kier molecular flexibility index (Phi) is 24.5. The number of rotatable bonds is 19. The van der Waals surface area contributed by atoms with E-state index in [4.69, 9.17) is 34.7 Å². The largest absolute Gasteiger partial charge is 0.480 e. The van der Waals surface area contributed by atoms with Crippen molar-refractivity contribution in [2.24, 2.45) is 0 Å². The van der Waals surface area contributed by atoms with Crippen LogP contribution in [0.3, 0.4) is 0 Å². The fourth-order valence-corrected chi connectivity index (χ4v) is 6.83. The summed E-state index contributed by atoms with van der Waals surface area (Å²) in [6.45, 7) is 14.7.